The fourth-order valence-corrected chi connectivity index (χ4v) is 6.01. The molecule has 0 saturated heterocycles. The number of carbonyl (C=O) groups excluding carboxylic acids is 3. The van der Waals surface area contributed by atoms with E-state index in [-0.39, 0.29) is 29.7 Å². The fourth-order valence-electron chi connectivity index (χ4n) is 6.01. The summed E-state index contributed by atoms with van der Waals surface area (Å²) >= 11 is 0. The minimum atomic E-state index is -2.63. The zero-order valence-electron chi connectivity index (χ0n) is 20.4. The number of likely N-dealkylation sites (N-methyl/N-ethyl adjacent to an activating group) is 1. The molecule has 1 saturated carbocycles. The van der Waals surface area contributed by atoms with Crippen molar-refractivity contribution in [2.75, 3.05) is 33.1 Å². The molecule has 10 heteroatoms. The number of rotatable bonds is 4. The molecule has 1 aromatic rings. The summed E-state index contributed by atoms with van der Waals surface area (Å²) in [5, 5.41) is 44.8. The van der Waals surface area contributed by atoms with Crippen molar-refractivity contribution < 1.29 is 34.8 Å². The number of phenolic OH excluding ortho intramolecular Hbond substituents is 1. The standard InChI is InChI=1S/C25H31N3O7/c1-6-10-9-14(27(2)3)12-7-11-8-13-18(28(4)5)21(31)17(24(26)34)23(33)25(13,35)22(32)15(11)20(30)16(12)19(10)29/h9,11,13,18,29-30,33,35H,6-8H2,1-5H3,(H2,26,34)/t11-,13-,18?,25-/m0/s1. The van der Waals surface area contributed by atoms with E-state index in [1.165, 1.54) is 4.90 Å². The Balaban J connectivity index is 2.01. The van der Waals surface area contributed by atoms with Gasteiger partial charge in [-0.05, 0) is 56.5 Å². The SMILES string of the molecule is CCc1cc(N(C)C)c2c(c1O)C(O)=C1C(=O)[C@]3(O)C(O)=C(C(N)=O)C(=O)C(N(C)C)[C@@H]3C[C@@H]1C2. The van der Waals surface area contributed by atoms with Gasteiger partial charge in [-0.25, -0.2) is 0 Å². The van der Waals surface area contributed by atoms with E-state index in [1.54, 1.807) is 14.1 Å². The number of amides is 1. The van der Waals surface area contributed by atoms with Gasteiger partial charge in [0.2, 0.25) is 5.78 Å². The molecule has 4 atom stereocenters. The molecule has 0 heterocycles. The van der Waals surface area contributed by atoms with Crippen molar-refractivity contribution in [2.45, 2.75) is 37.8 Å². The van der Waals surface area contributed by atoms with Crippen LogP contribution < -0.4 is 10.6 Å². The number of primary amides is 1. The first-order valence-corrected chi connectivity index (χ1v) is 11.5. The number of aliphatic hydroxyl groups excluding tert-OH is 2. The maximum atomic E-state index is 13.8. The Morgan fingerprint density at radius 3 is 2.31 bits per heavy atom. The second-order valence-corrected chi connectivity index (χ2v) is 9.97. The van der Waals surface area contributed by atoms with Gasteiger partial charge in [0.15, 0.2) is 11.4 Å². The molecule has 4 rings (SSSR count). The number of carbonyl (C=O) groups is 3. The van der Waals surface area contributed by atoms with Gasteiger partial charge in [-0.15, -0.1) is 0 Å². The van der Waals surface area contributed by atoms with Crippen LogP contribution in [0.25, 0.3) is 5.76 Å². The summed E-state index contributed by atoms with van der Waals surface area (Å²) in [6, 6.07) is 0.741. The number of nitrogens with two attached hydrogens (primary N) is 1. The van der Waals surface area contributed by atoms with Crippen molar-refractivity contribution in [1.29, 1.82) is 0 Å². The molecule has 35 heavy (non-hydrogen) atoms. The minimum absolute atomic E-state index is 0.0644. The number of nitrogens with zero attached hydrogens (tertiary/aromatic N) is 2. The van der Waals surface area contributed by atoms with Crippen LogP contribution in [0.15, 0.2) is 23.0 Å². The monoisotopic (exact) mass is 485 g/mol. The Labute approximate surface area is 202 Å². The highest BCUT2D eigenvalue weighted by molar-refractivity contribution is 6.24. The molecule has 3 aliphatic carbocycles. The van der Waals surface area contributed by atoms with Crippen LogP contribution in [0.2, 0.25) is 0 Å². The van der Waals surface area contributed by atoms with Gasteiger partial charge in [-0.2, -0.15) is 0 Å². The summed E-state index contributed by atoms with van der Waals surface area (Å²) in [4.78, 5) is 42.3. The van der Waals surface area contributed by atoms with Gasteiger partial charge in [0.1, 0.15) is 22.8 Å². The summed E-state index contributed by atoms with van der Waals surface area (Å²) in [6.45, 7) is 1.85. The molecule has 1 amide bonds. The summed E-state index contributed by atoms with van der Waals surface area (Å²) in [5.74, 6) is -6.43. The Morgan fingerprint density at radius 2 is 1.80 bits per heavy atom. The summed E-state index contributed by atoms with van der Waals surface area (Å²) in [6.07, 6.45) is 0.804. The number of hydrogen-bond donors (Lipinski definition) is 5. The first-order valence-electron chi connectivity index (χ1n) is 11.5. The predicted octanol–water partition coefficient (Wildman–Crippen LogP) is 0.592. The summed E-state index contributed by atoms with van der Waals surface area (Å²) in [7, 11) is 6.82. The van der Waals surface area contributed by atoms with E-state index in [2.05, 4.69) is 0 Å². The minimum Gasteiger partial charge on any atom is -0.508 e. The van der Waals surface area contributed by atoms with Crippen LogP contribution in [-0.2, 0) is 27.2 Å². The first kappa shape index (κ1) is 24.7. The van der Waals surface area contributed by atoms with Crippen molar-refractivity contribution in [3.8, 4) is 5.75 Å². The zero-order valence-corrected chi connectivity index (χ0v) is 20.4. The Kier molecular flexibility index (Phi) is 5.72. The first-order chi connectivity index (χ1) is 16.3. The number of phenols is 1. The molecule has 1 fully saturated rings. The molecule has 0 aromatic heterocycles. The number of benzene rings is 1. The van der Waals surface area contributed by atoms with Gasteiger partial charge >= 0.3 is 0 Å². The molecule has 0 aliphatic heterocycles. The van der Waals surface area contributed by atoms with Crippen molar-refractivity contribution in [1.82, 2.24) is 4.90 Å². The fraction of sp³-hybridized carbons (Fsp3) is 0.480. The van der Waals surface area contributed by atoms with Gasteiger partial charge < -0.3 is 31.1 Å². The number of ketones is 2. The van der Waals surface area contributed by atoms with Gasteiger partial charge in [0.25, 0.3) is 5.91 Å². The van der Waals surface area contributed by atoms with Crippen molar-refractivity contribution >= 4 is 28.9 Å². The van der Waals surface area contributed by atoms with E-state index < -0.39 is 58.0 Å². The van der Waals surface area contributed by atoms with Crippen LogP contribution in [0.1, 0.15) is 30.0 Å². The maximum Gasteiger partial charge on any atom is 0.255 e. The molecule has 10 nitrogen and oxygen atoms in total. The third-order valence-corrected chi connectivity index (χ3v) is 7.64. The average molecular weight is 486 g/mol. The smallest absolute Gasteiger partial charge is 0.255 e. The Bertz CT molecular complexity index is 1230. The number of Topliss-reactive ketones (excluding diaryl/α,β-unsaturated/α-hetero) is 2. The largest absolute Gasteiger partial charge is 0.508 e. The number of anilines is 1. The van der Waals surface area contributed by atoms with Crippen LogP contribution >= 0.6 is 0 Å². The van der Waals surface area contributed by atoms with E-state index >= 15 is 0 Å². The number of aromatic hydroxyl groups is 1. The second-order valence-electron chi connectivity index (χ2n) is 9.97. The molecule has 0 radical (unpaired) electrons. The van der Waals surface area contributed by atoms with Gasteiger partial charge in [-0.3, -0.25) is 19.3 Å². The number of hydrogen-bond acceptors (Lipinski definition) is 9. The molecule has 0 spiro atoms. The van der Waals surface area contributed by atoms with Crippen LogP contribution in [0, 0.1) is 11.8 Å². The van der Waals surface area contributed by atoms with E-state index in [0.29, 0.717) is 17.5 Å². The topological polar surface area (TPSA) is 165 Å². The maximum absolute atomic E-state index is 13.8. The predicted molar refractivity (Wildman–Crippen MR) is 128 cm³/mol. The Hall–Kier alpha value is -3.37. The van der Waals surface area contributed by atoms with Crippen molar-refractivity contribution in [3.05, 3.63) is 39.7 Å². The number of aryl methyl sites for hydroxylation is 1. The van der Waals surface area contributed by atoms with Gasteiger partial charge in [0, 0.05) is 31.3 Å². The number of aliphatic hydroxyl groups is 3. The lowest BCUT2D eigenvalue weighted by atomic mass is 9.57. The molecule has 188 valence electrons. The average Bonchev–Trinajstić information content (AvgIpc) is 2.75. The normalized spacial score (nSPS) is 28.1. The van der Waals surface area contributed by atoms with E-state index in [9.17, 15) is 34.8 Å². The molecule has 0 bridgehead atoms. The van der Waals surface area contributed by atoms with Crippen molar-refractivity contribution in [2.24, 2.45) is 17.6 Å². The number of fused-ring (bicyclic) bond motifs is 3. The van der Waals surface area contributed by atoms with Gasteiger partial charge in [0.05, 0.1) is 11.6 Å². The zero-order chi connectivity index (χ0) is 26.1. The van der Waals surface area contributed by atoms with E-state index in [1.807, 2.05) is 32.0 Å². The quantitative estimate of drug-likeness (QED) is 0.384. The summed E-state index contributed by atoms with van der Waals surface area (Å²) in [5.41, 5.74) is 3.85. The second kappa shape index (κ2) is 8.10. The lowest BCUT2D eigenvalue weighted by molar-refractivity contribution is -0.153. The highest BCUT2D eigenvalue weighted by atomic mass is 16.3. The Morgan fingerprint density at radius 1 is 1.17 bits per heavy atom. The molecular formula is C25H31N3O7. The molecule has 1 unspecified atom stereocenters. The third kappa shape index (κ3) is 3.20. The lowest BCUT2D eigenvalue weighted by Crippen LogP contribution is -2.65. The highest BCUT2D eigenvalue weighted by Crippen LogP contribution is 2.54. The molecule has 6 N–H and O–H groups in total. The highest BCUT2D eigenvalue weighted by Gasteiger charge is 2.64. The molecule has 3 aliphatic rings. The van der Waals surface area contributed by atoms with E-state index in [0.717, 1.165) is 5.69 Å². The van der Waals surface area contributed by atoms with Crippen LogP contribution in [0.3, 0.4) is 0 Å². The summed E-state index contributed by atoms with van der Waals surface area (Å²) < 4.78 is 0. The molecular weight excluding hydrogens is 454 g/mol. The van der Waals surface area contributed by atoms with Crippen LogP contribution in [-0.4, -0.2) is 82.6 Å². The lowest BCUT2D eigenvalue weighted by Gasteiger charge is -2.50. The van der Waals surface area contributed by atoms with Crippen molar-refractivity contribution in [3.63, 3.8) is 0 Å². The van der Waals surface area contributed by atoms with E-state index in [4.69, 9.17) is 5.73 Å². The van der Waals surface area contributed by atoms with Crippen LogP contribution in [0.4, 0.5) is 5.69 Å². The third-order valence-electron chi connectivity index (χ3n) is 7.64. The van der Waals surface area contributed by atoms with Crippen LogP contribution in [0.5, 0.6) is 5.75 Å². The van der Waals surface area contributed by atoms with Gasteiger partial charge in [-0.1, -0.05) is 6.92 Å². The molecule has 1 aromatic carbocycles.